The summed E-state index contributed by atoms with van der Waals surface area (Å²) < 4.78 is 0. The number of piperidine rings is 1. The molecule has 0 amide bonds. The van der Waals surface area contributed by atoms with Gasteiger partial charge >= 0.3 is 0 Å². The van der Waals surface area contributed by atoms with Crippen LogP contribution in [0.4, 0.5) is 0 Å². The van der Waals surface area contributed by atoms with Crippen molar-refractivity contribution in [2.24, 2.45) is 11.8 Å². The molecular weight excluding hydrogens is 244 g/mol. The van der Waals surface area contributed by atoms with Gasteiger partial charge in [-0.1, -0.05) is 30.3 Å². The second-order valence-electron chi connectivity index (χ2n) is 6.87. The molecule has 3 rings (SSSR count). The standard InChI is InChI=1S/C18H28N2/c1-19-11-9-16(10-12-19)7-8-18-14-20(15-18)13-17-5-3-2-4-6-17/h2-6,16,18H,7-15H2,1H3. The van der Waals surface area contributed by atoms with Crippen molar-refractivity contribution in [1.82, 2.24) is 9.80 Å². The van der Waals surface area contributed by atoms with E-state index >= 15 is 0 Å². The minimum Gasteiger partial charge on any atom is -0.306 e. The van der Waals surface area contributed by atoms with E-state index in [9.17, 15) is 0 Å². The summed E-state index contributed by atoms with van der Waals surface area (Å²) in [6.07, 6.45) is 5.78. The summed E-state index contributed by atoms with van der Waals surface area (Å²) in [6.45, 7) is 6.42. The fraction of sp³-hybridized carbons (Fsp3) is 0.667. The number of benzene rings is 1. The molecule has 0 bridgehead atoms. The molecule has 2 aliphatic heterocycles. The van der Waals surface area contributed by atoms with Crippen LogP contribution in [-0.4, -0.2) is 43.0 Å². The maximum Gasteiger partial charge on any atom is 0.0233 e. The Bertz CT molecular complexity index is 389. The molecule has 2 nitrogen and oxygen atoms in total. The van der Waals surface area contributed by atoms with Gasteiger partial charge in [-0.15, -0.1) is 0 Å². The summed E-state index contributed by atoms with van der Waals surface area (Å²) in [7, 11) is 2.25. The Hall–Kier alpha value is -0.860. The number of hydrogen-bond acceptors (Lipinski definition) is 2. The van der Waals surface area contributed by atoms with Crippen molar-refractivity contribution < 1.29 is 0 Å². The molecule has 0 N–H and O–H groups in total. The fourth-order valence-corrected chi connectivity index (χ4v) is 3.65. The van der Waals surface area contributed by atoms with Crippen molar-refractivity contribution in [2.45, 2.75) is 32.2 Å². The number of hydrogen-bond donors (Lipinski definition) is 0. The van der Waals surface area contributed by atoms with Gasteiger partial charge in [0.05, 0.1) is 0 Å². The van der Waals surface area contributed by atoms with E-state index in [0.29, 0.717) is 0 Å². The molecule has 1 aromatic rings. The van der Waals surface area contributed by atoms with Gasteiger partial charge < -0.3 is 4.90 Å². The summed E-state index contributed by atoms with van der Waals surface area (Å²) in [5, 5.41) is 0. The third-order valence-corrected chi connectivity index (χ3v) is 5.10. The Morgan fingerprint density at radius 1 is 0.950 bits per heavy atom. The van der Waals surface area contributed by atoms with Crippen LogP contribution in [0.25, 0.3) is 0 Å². The Morgan fingerprint density at radius 2 is 1.60 bits per heavy atom. The zero-order valence-corrected chi connectivity index (χ0v) is 12.8. The Morgan fingerprint density at radius 3 is 2.30 bits per heavy atom. The molecule has 0 atom stereocenters. The zero-order chi connectivity index (χ0) is 13.8. The molecule has 2 aliphatic rings. The second kappa shape index (κ2) is 6.73. The van der Waals surface area contributed by atoms with Gasteiger partial charge in [0.2, 0.25) is 0 Å². The van der Waals surface area contributed by atoms with E-state index in [0.717, 1.165) is 18.4 Å². The number of rotatable bonds is 5. The lowest BCUT2D eigenvalue weighted by Crippen LogP contribution is -2.46. The third kappa shape index (κ3) is 3.83. The van der Waals surface area contributed by atoms with Crippen LogP contribution in [0.3, 0.4) is 0 Å². The fourth-order valence-electron chi connectivity index (χ4n) is 3.65. The van der Waals surface area contributed by atoms with Crippen molar-refractivity contribution in [3.63, 3.8) is 0 Å². The van der Waals surface area contributed by atoms with Gasteiger partial charge in [-0.25, -0.2) is 0 Å². The maximum absolute atomic E-state index is 2.59. The first-order valence-corrected chi connectivity index (χ1v) is 8.24. The number of nitrogens with zero attached hydrogens (tertiary/aromatic N) is 2. The molecule has 20 heavy (non-hydrogen) atoms. The predicted molar refractivity (Wildman–Crippen MR) is 84.7 cm³/mol. The number of likely N-dealkylation sites (tertiary alicyclic amines) is 2. The molecule has 2 saturated heterocycles. The molecular formula is C18H28N2. The minimum absolute atomic E-state index is 0.971. The molecule has 110 valence electrons. The molecule has 2 fully saturated rings. The summed E-state index contributed by atoms with van der Waals surface area (Å²) in [4.78, 5) is 5.07. The van der Waals surface area contributed by atoms with Crippen LogP contribution >= 0.6 is 0 Å². The molecule has 0 aliphatic carbocycles. The topological polar surface area (TPSA) is 6.48 Å². The quantitative estimate of drug-likeness (QED) is 0.812. The molecule has 0 saturated carbocycles. The highest BCUT2D eigenvalue weighted by Crippen LogP contribution is 2.28. The summed E-state index contributed by atoms with van der Waals surface area (Å²) >= 11 is 0. The van der Waals surface area contributed by atoms with Gasteiger partial charge in [0, 0.05) is 19.6 Å². The van der Waals surface area contributed by atoms with Crippen LogP contribution in [-0.2, 0) is 6.54 Å². The normalized spacial score (nSPS) is 22.9. The molecule has 1 aromatic carbocycles. The van der Waals surface area contributed by atoms with Crippen LogP contribution in [0.15, 0.2) is 30.3 Å². The third-order valence-electron chi connectivity index (χ3n) is 5.10. The zero-order valence-electron chi connectivity index (χ0n) is 12.8. The van der Waals surface area contributed by atoms with Crippen molar-refractivity contribution in [1.29, 1.82) is 0 Å². The highest BCUT2D eigenvalue weighted by Gasteiger charge is 2.27. The Kier molecular flexibility index (Phi) is 4.74. The molecule has 0 radical (unpaired) electrons. The van der Waals surface area contributed by atoms with E-state index in [-0.39, 0.29) is 0 Å². The van der Waals surface area contributed by atoms with Gasteiger partial charge in [0.1, 0.15) is 0 Å². The van der Waals surface area contributed by atoms with E-state index in [2.05, 4.69) is 47.2 Å². The van der Waals surface area contributed by atoms with Gasteiger partial charge in [-0.2, -0.15) is 0 Å². The monoisotopic (exact) mass is 272 g/mol. The van der Waals surface area contributed by atoms with E-state index in [1.807, 2.05) is 0 Å². The Labute approximate surface area is 123 Å². The lowest BCUT2D eigenvalue weighted by molar-refractivity contribution is 0.0778. The van der Waals surface area contributed by atoms with Crippen LogP contribution < -0.4 is 0 Å². The van der Waals surface area contributed by atoms with Gasteiger partial charge in [0.15, 0.2) is 0 Å². The largest absolute Gasteiger partial charge is 0.306 e. The van der Waals surface area contributed by atoms with E-state index < -0.39 is 0 Å². The van der Waals surface area contributed by atoms with Crippen molar-refractivity contribution in [3.8, 4) is 0 Å². The lowest BCUT2D eigenvalue weighted by Gasteiger charge is -2.40. The minimum atomic E-state index is 0.971. The molecule has 0 aromatic heterocycles. The molecule has 2 heteroatoms. The average molecular weight is 272 g/mol. The van der Waals surface area contributed by atoms with Crippen LogP contribution in [0.1, 0.15) is 31.2 Å². The van der Waals surface area contributed by atoms with E-state index in [1.165, 1.54) is 57.4 Å². The SMILES string of the molecule is CN1CCC(CCC2CN(Cc3ccccc3)C2)CC1. The first-order chi connectivity index (χ1) is 9.79. The molecule has 0 unspecified atom stereocenters. The lowest BCUT2D eigenvalue weighted by atomic mass is 9.86. The smallest absolute Gasteiger partial charge is 0.0233 e. The molecule has 0 spiro atoms. The van der Waals surface area contributed by atoms with Gasteiger partial charge in [-0.3, -0.25) is 4.90 Å². The van der Waals surface area contributed by atoms with Crippen LogP contribution in [0.2, 0.25) is 0 Å². The average Bonchev–Trinajstić information content (AvgIpc) is 2.44. The van der Waals surface area contributed by atoms with Crippen LogP contribution in [0, 0.1) is 11.8 Å². The predicted octanol–water partition coefficient (Wildman–Crippen LogP) is 3.24. The molecule has 2 heterocycles. The van der Waals surface area contributed by atoms with Crippen LogP contribution in [0.5, 0.6) is 0 Å². The maximum atomic E-state index is 2.59. The Balaban J connectivity index is 1.31. The van der Waals surface area contributed by atoms with E-state index in [1.54, 1.807) is 0 Å². The highest BCUT2D eigenvalue weighted by molar-refractivity contribution is 5.14. The summed E-state index contributed by atoms with van der Waals surface area (Å²) in [5.74, 6) is 1.98. The summed E-state index contributed by atoms with van der Waals surface area (Å²) in [6, 6.07) is 10.9. The van der Waals surface area contributed by atoms with E-state index in [4.69, 9.17) is 0 Å². The van der Waals surface area contributed by atoms with Crippen molar-refractivity contribution in [2.75, 3.05) is 33.2 Å². The van der Waals surface area contributed by atoms with Gasteiger partial charge in [0.25, 0.3) is 0 Å². The summed E-state index contributed by atoms with van der Waals surface area (Å²) in [5.41, 5.74) is 1.46. The van der Waals surface area contributed by atoms with Crippen molar-refractivity contribution >= 4 is 0 Å². The van der Waals surface area contributed by atoms with Crippen molar-refractivity contribution in [3.05, 3.63) is 35.9 Å². The highest BCUT2D eigenvalue weighted by atomic mass is 15.2. The first-order valence-electron chi connectivity index (χ1n) is 8.24. The van der Waals surface area contributed by atoms with Gasteiger partial charge in [-0.05, 0) is 63.2 Å². The first kappa shape index (κ1) is 14.1. The second-order valence-corrected chi connectivity index (χ2v) is 6.87.